The van der Waals surface area contributed by atoms with E-state index in [1.165, 1.54) is 80.4 Å². The molecule has 7 N–H and O–H groups in total. The van der Waals surface area contributed by atoms with Crippen LogP contribution in [0.3, 0.4) is 0 Å². The summed E-state index contributed by atoms with van der Waals surface area (Å²) in [6, 6.07) is -0.955. The van der Waals surface area contributed by atoms with Crippen LogP contribution < -0.4 is 11.1 Å². The molecular weight excluding hydrogens is 694 g/mol. The molecule has 0 aliphatic carbocycles. The molecule has 0 aromatic carbocycles. The maximum Gasteiger partial charge on any atom is 0.306 e. The van der Waals surface area contributed by atoms with Crippen LogP contribution in [0.25, 0.3) is 0 Å². The van der Waals surface area contributed by atoms with E-state index in [-0.39, 0.29) is 42.4 Å². The SMILES string of the molecule is CCCCCCCCCCC(=O)OC[C@H](CSC[C@@H](N)C(=O)Nc1cn(C[C@H](O)C2OC(O)[C@@H](O)[C@@H]2O)nn1)OC(=O)CCCCCCCCCC. The first-order valence-corrected chi connectivity index (χ1v) is 20.5. The summed E-state index contributed by atoms with van der Waals surface area (Å²) in [6.07, 6.45) is 11.9. The summed E-state index contributed by atoms with van der Waals surface area (Å²) >= 11 is 1.30. The molecule has 1 amide bonds. The van der Waals surface area contributed by atoms with E-state index >= 15 is 0 Å². The fraction of sp³-hybridized carbons (Fsp3) is 0.861. The monoisotopic (exact) mass is 759 g/mol. The predicted molar refractivity (Wildman–Crippen MR) is 198 cm³/mol. The minimum atomic E-state index is -1.62. The highest BCUT2D eigenvalue weighted by atomic mass is 32.2. The topological polar surface area (TPSA) is 229 Å². The molecule has 1 aliphatic rings. The van der Waals surface area contributed by atoms with Crippen molar-refractivity contribution in [3.8, 4) is 0 Å². The normalized spacial score (nSPS) is 20.4. The number of carbonyl (C=O) groups excluding carboxylic acids is 3. The van der Waals surface area contributed by atoms with Crippen LogP contribution in [0.5, 0.6) is 0 Å². The molecule has 0 radical (unpaired) electrons. The number of hydrogen-bond donors (Lipinski definition) is 6. The first-order valence-electron chi connectivity index (χ1n) is 19.3. The van der Waals surface area contributed by atoms with Gasteiger partial charge in [-0.15, -0.1) is 5.10 Å². The van der Waals surface area contributed by atoms with E-state index < -0.39 is 48.8 Å². The second-order valence-corrected chi connectivity index (χ2v) is 14.8. The Hall–Kier alpha value is -2.34. The molecule has 1 fully saturated rings. The van der Waals surface area contributed by atoms with Crippen LogP contribution in [0, 0.1) is 0 Å². The zero-order chi connectivity index (χ0) is 38.1. The molecule has 0 bridgehead atoms. The third-order valence-corrected chi connectivity index (χ3v) is 10.2. The summed E-state index contributed by atoms with van der Waals surface area (Å²) in [5.74, 6) is -0.672. The summed E-state index contributed by atoms with van der Waals surface area (Å²) in [7, 11) is 0. The molecular formula is C36H65N5O10S. The Kier molecular flexibility index (Phi) is 24.0. The number of hydrogen-bond acceptors (Lipinski definition) is 14. The van der Waals surface area contributed by atoms with Crippen molar-refractivity contribution in [2.24, 2.45) is 5.73 Å². The van der Waals surface area contributed by atoms with Crippen molar-refractivity contribution in [2.75, 3.05) is 23.4 Å². The quantitative estimate of drug-likeness (QED) is 0.0487. The fourth-order valence-corrected chi connectivity index (χ4v) is 6.76. The molecule has 1 aromatic rings. The Bertz CT molecular complexity index is 1130. The minimum absolute atomic E-state index is 0.0662. The maximum absolute atomic E-state index is 12.8. The van der Waals surface area contributed by atoms with Gasteiger partial charge in [-0.3, -0.25) is 14.4 Å². The standard InChI is InChI=1S/C36H65N5O10S/c1-3-5-7-9-11-13-15-17-19-30(43)49-23-26(50-31(44)20-18-16-14-12-10-8-6-4-2)24-52-25-27(37)35(47)38-29-22-41(40-39-29)21-28(42)34-32(45)33(46)36(48)51-34/h22,26-28,32-34,36,42,45-46,48H,3-21,23-25,37H2,1-2H3,(H,38,47)/t26-,27-,28+,32+,33+,34?,36?/m1/s1. The highest BCUT2D eigenvalue weighted by Crippen LogP contribution is 2.23. The lowest BCUT2D eigenvalue weighted by molar-refractivity contribution is -0.157. The van der Waals surface area contributed by atoms with Crippen molar-refractivity contribution < 1.29 is 49.0 Å². The summed E-state index contributed by atoms with van der Waals surface area (Å²) in [6.45, 7) is 4.12. The summed E-state index contributed by atoms with van der Waals surface area (Å²) < 4.78 is 17.4. The number of nitrogens with zero attached hydrogens (tertiary/aromatic N) is 3. The summed E-state index contributed by atoms with van der Waals surface area (Å²) in [5.41, 5.74) is 6.12. The van der Waals surface area contributed by atoms with Gasteiger partial charge in [0.25, 0.3) is 0 Å². The van der Waals surface area contributed by atoms with Crippen molar-refractivity contribution in [1.82, 2.24) is 15.0 Å². The van der Waals surface area contributed by atoms with Gasteiger partial charge in [-0.1, -0.05) is 109 Å². The van der Waals surface area contributed by atoms with E-state index in [2.05, 4.69) is 29.5 Å². The van der Waals surface area contributed by atoms with Gasteiger partial charge >= 0.3 is 11.9 Å². The lowest BCUT2D eigenvalue weighted by Crippen LogP contribution is -2.40. The Balaban J connectivity index is 1.78. The largest absolute Gasteiger partial charge is 0.462 e. The molecule has 0 saturated carbocycles. The van der Waals surface area contributed by atoms with Gasteiger partial charge in [0, 0.05) is 24.3 Å². The number of aliphatic hydroxyl groups is 4. The lowest BCUT2D eigenvalue weighted by atomic mass is 10.1. The summed E-state index contributed by atoms with van der Waals surface area (Å²) in [4.78, 5) is 37.9. The highest BCUT2D eigenvalue weighted by Gasteiger charge is 2.45. The van der Waals surface area contributed by atoms with E-state index in [0.29, 0.717) is 12.8 Å². The molecule has 15 nitrogen and oxygen atoms in total. The molecule has 2 rings (SSSR count). The highest BCUT2D eigenvalue weighted by molar-refractivity contribution is 7.99. The van der Waals surface area contributed by atoms with Crippen molar-refractivity contribution in [2.45, 2.75) is 179 Å². The molecule has 16 heteroatoms. The van der Waals surface area contributed by atoms with Gasteiger partial charge in [0.05, 0.1) is 18.8 Å². The number of nitrogens with one attached hydrogen (secondary N) is 1. The van der Waals surface area contributed by atoms with Gasteiger partial charge in [0.2, 0.25) is 5.91 Å². The first kappa shape index (κ1) is 45.8. The van der Waals surface area contributed by atoms with Crippen LogP contribution in [0.1, 0.15) is 129 Å². The molecule has 2 heterocycles. The van der Waals surface area contributed by atoms with E-state index in [9.17, 15) is 34.8 Å². The smallest absolute Gasteiger partial charge is 0.306 e. The second kappa shape index (κ2) is 27.3. The van der Waals surface area contributed by atoms with Crippen molar-refractivity contribution >= 4 is 35.4 Å². The van der Waals surface area contributed by atoms with Gasteiger partial charge in [-0.25, -0.2) is 4.68 Å². The average molecular weight is 760 g/mol. The van der Waals surface area contributed by atoms with Crippen LogP contribution >= 0.6 is 11.8 Å². The summed E-state index contributed by atoms with van der Waals surface area (Å²) in [5, 5.41) is 49.8. The fourth-order valence-electron chi connectivity index (χ4n) is 5.79. The molecule has 7 atom stereocenters. The molecule has 0 spiro atoms. The van der Waals surface area contributed by atoms with Gasteiger partial charge < -0.3 is 45.7 Å². The Morgan fingerprint density at radius 1 is 0.865 bits per heavy atom. The number of rotatable bonds is 30. The number of anilines is 1. The first-order chi connectivity index (χ1) is 25.0. The van der Waals surface area contributed by atoms with Crippen molar-refractivity contribution in [1.29, 1.82) is 0 Å². The van der Waals surface area contributed by atoms with Crippen LogP contribution in [0.4, 0.5) is 5.82 Å². The van der Waals surface area contributed by atoms with Crippen molar-refractivity contribution in [3.05, 3.63) is 6.20 Å². The van der Waals surface area contributed by atoms with E-state index in [4.69, 9.17) is 19.9 Å². The number of nitrogens with two attached hydrogens (primary N) is 1. The Labute approximate surface area is 313 Å². The Morgan fingerprint density at radius 2 is 1.42 bits per heavy atom. The molecule has 1 saturated heterocycles. The predicted octanol–water partition coefficient (Wildman–Crippen LogP) is 3.59. The van der Waals surface area contributed by atoms with Gasteiger partial charge in [-0.05, 0) is 12.8 Å². The molecule has 52 heavy (non-hydrogen) atoms. The minimum Gasteiger partial charge on any atom is -0.462 e. The number of thioether (sulfide) groups is 1. The zero-order valence-electron chi connectivity index (χ0n) is 31.2. The van der Waals surface area contributed by atoms with E-state index in [1.807, 2.05) is 0 Å². The Morgan fingerprint density at radius 3 is 1.98 bits per heavy atom. The number of esters is 2. The third kappa shape index (κ3) is 19.1. The number of aliphatic hydroxyl groups excluding tert-OH is 4. The zero-order valence-corrected chi connectivity index (χ0v) is 32.1. The van der Waals surface area contributed by atoms with Gasteiger partial charge in [0.15, 0.2) is 12.1 Å². The number of ether oxygens (including phenoxy) is 3. The molecule has 1 aromatic heterocycles. The number of aromatic nitrogens is 3. The lowest BCUT2D eigenvalue weighted by Gasteiger charge is -2.20. The van der Waals surface area contributed by atoms with Gasteiger partial charge in [-0.2, -0.15) is 11.8 Å². The molecule has 2 unspecified atom stereocenters. The van der Waals surface area contributed by atoms with Crippen LogP contribution in [-0.2, 0) is 35.1 Å². The molecule has 1 aliphatic heterocycles. The van der Waals surface area contributed by atoms with E-state index in [0.717, 1.165) is 44.9 Å². The van der Waals surface area contributed by atoms with Crippen LogP contribution in [0.2, 0.25) is 0 Å². The number of amides is 1. The third-order valence-electron chi connectivity index (χ3n) is 8.95. The van der Waals surface area contributed by atoms with Crippen LogP contribution in [0.15, 0.2) is 6.20 Å². The van der Waals surface area contributed by atoms with Gasteiger partial charge in [0.1, 0.15) is 37.1 Å². The van der Waals surface area contributed by atoms with E-state index in [1.54, 1.807) is 0 Å². The second-order valence-electron chi connectivity index (χ2n) is 13.7. The maximum atomic E-state index is 12.8. The number of carbonyl (C=O) groups is 3. The average Bonchev–Trinajstić information content (AvgIpc) is 3.67. The van der Waals surface area contributed by atoms with Crippen LogP contribution in [-0.4, -0.2) is 114 Å². The molecule has 300 valence electrons. The number of unbranched alkanes of at least 4 members (excludes halogenated alkanes) is 14. The van der Waals surface area contributed by atoms with Crippen molar-refractivity contribution in [3.63, 3.8) is 0 Å².